The number of hydrogen-bond donors (Lipinski definition) is 0. The van der Waals surface area contributed by atoms with Crippen molar-refractivity contribution in [2.45, 2.75) is 24.0 Å². The maximum atomic E-state index is 12.5. The molecule has 0 bridgehead atoms. The molecule has 0 atom stereocenters. The number of rotatable bonds is 3. The molecule has 118 valence electrons. The number of carbonyl (C=O) groups excluding carboxylic acids is 1. The monoisotopic (exact) mass is 342 g/mol. The van der Waals surface area contributed by atoms with Gasteiger partial charge in [-0.2, -0.15) is 4.99 Å². The molecular weight excluding hydrogens is 324 g/mol. The van der Waals surface area contributed by atoms with Gasteiger partial charge in [-0.1, -0.05) is 43.4 Å². The standard InChI is InChI=1S/C18H18N2OS2/c1-12(2)22-14-8-6-7-13(11-14)17(21)19-18-20(3)15-9-4-5-10-16(15)23-18/h4-12H,1-3H3. The quantitative estimate of drug-likeness (QED) is 0.658. The molecule has 0 aliphatic carbocycles. The van der Waals surface area contributed by atoms with Crippen molar-refractivity contribution in [3.8, 4) is 0 Å². The third-order valence-electron chi connectivity index (χ3n) is 3.36. The lowest BCUT2D eigenvalue weighted by molar-refractivity contribution is 0.0997. The van der Waals surface area contributed by atoms with Gasteiger partial charge >= 0.3 is 0 Å². The van der Waals surface area contributed by atoms with Crippen LogP contribution in [0.3, 0.4) is 0 Å². The third-order valence-corrected chi connectivity index (χ3v) is 5.48. The van der Waals surface area contributed by atoms with Crippen LogP contribution in [0.25, 0.3) is 10.2 Å². The van der Waals surface area contributed by atoms with E-state index in [0.29, 0.717) is 10.8 Å². The van der Waals surface area contributed by atoms with Crippen molar-refractivity contribution in [1.29, 1.82) is 0 Å². The maximum absolute atomic E-state index is 12.5. The summed E-state index contributed by atoms with van der Waals surface area (Å²) in [5, 5.41) is 0.484. The average Bonchev–Trinajstić information content (AvgIpc) is 2.83. The fraction of sp³-hybridized carbons (Fsp3) is 0.222. The minimum absolute atomic E-state index is 0.196. The van der Waals surface area contributed by atoms with Crippen molar-refractivity contribution in [3.05, 3.63) is 58.9 Å². The zero-order valence-corrected chi connectivity index (χ0v) is 14.9. The molecule has 0 aliphatic rings. The first-order chi connectivity index (χ1) is 11.0. The highest BCUT2D eigenvalue weighted by molar-refractivity contribution is 7.99. The summed E-state index contributed by atoms with van der Waals surface area (Å²) >= 11 is 3.28. The van der Waals surface area contributed by atoms with Crippen molar-refractivity contribution in [3.63, 3.8) is 0 Å². The number of hydrogen-bond acceptors (Lipinski definition) is 3. The summed E-state index contributed by atoms with van der Waals surface area (Å²) in [5.41, 5.74) is 1.72. The van der Waals surface area contributed by atoms with E-state index in [9.17, 15) is 4.79 Å². The molecule has 0 N–H and O–H groups in total. The first kappa shape index (κ1) is 16.0. The Kier molecular flexibility index (Phi) is 4.68. The van der Waals surface area contributed by atoms with E-state index in [2.05, 4.69) is 18.8 Å². The Morgan fingerprint density at radius 1 is 1.17 bits per heavy atom. The number of thioether (sulfide) groups is 1. The predicted octanol–water partition coefficient (Wildman–Crippen LogP) is 4.48. The van der Waals surface area contributed by atoms with Crippen molar-refractivity contribution in [2.24, 2.45) is 12.0 Å². The van der Waals surface area contributed by atoms with Gasteiger partial charge in [-0.05, 0) is 30.3 Å². The number of aromatic nitrogens is 1. The van der Waals surface area contributed by atoms with Gasteiger partial charge in [0.25, 0.3) is 5.91 Å². The highest BCUT2D eigenvalue weighted by Gasteiger charge is 2.08. The molecule has 1 amide bonds. The first-order valence-corrected chi connectivity index (χ1v) is 9.14. The van der Waals surface area contributed by atoms with Crippen LogP contribution in [-0.4, -0.2) is 15.7 Å². The molecule has 3 aromatic rings. The van der Waals surface area contributed by atoms with E-state index in [1.54, 1.807) is 11.8 Å². The van der Waals surface area contributed by atoms with E-state index in [0.717, 1.165) is 19.9 Å². The van der Waals surface area contributed by atoms with E-state index in [4.69, 9.17) is 0 Å². The molecule has 0 saturated carbocycles. The molecule has 0 saturated heterocycles. The number of thiazole rings is 1. The highest BCUT2D eigenvalue weighted by atomic mass is 32.2. The molecule has 23 heavy (non-hydrogen) atoms. The fourth-order valence-electron chi connectivity index (χ4n) is 2.31. The molecule has 0 unspecified atom stereocenters. The molecule has 2 aromatic carbocycles. The summed E-state index contributed by atoms with van der Waals surface area (Å²) < 4.78 is 3.09. The number of para-hydroxylation sites is 1. The minimum atomic E-state index is -0.196. The third kappa shape index (κ3) is 3.57. The van der Waals surface area contributed by atoms with Gasteiger partial charge in [0.05, 0.1) is 10.2 Å². The van der Waals surface area contributed by atoms with Crippen LogP contribution >= 0.6 is 23.1 Å². The maximum Gasteiger partial charge on any atom is 0.279 e. The van der Waals surface area contributed by atoms with E-state index >= 15 is 0 Å². The summed E-state index contributed by atoms with van der Waals surface area (Å²) in [6.07, 6.45) is 0. The average molecular weight is 342 g/mol. The lowest BCUT2D eigenvalue weighted by Gasteiger charge is -2.05. The minimum Gasteiger partial charge on any atom is -0.319 e. The largest absolute Gasteiger partial charge is 0.319 e. The highest BCUT2D eigenvalue weighted by Crippen LogP contribution is 2.23. The molecule has 0 fully saturated rings. The van der Waals surface area contributed by atoms with E-state index < -0.39 is 0 Å². The Bertz CT molecular complexity index is 922. The Morgan fingerprint density at radius 3 is 2.70 bits per heavy atom. The SMILES string of the molecule is CC(C)Sc1cccc(C(=O)N=c2sc3ccccc3n2C)c1. The molecule has 1 aromatic heterocycles. The fourth-order valence-corrected chi connectivity index (χ4v) is 4.23. The van der Waals surface area contributed by atoms with Crippen LogP contribution in [0, 0.1) is 0 Å². The topological polar surface area (TPSA) is 34.4 Å². The van der Waals surface area contributed by atoms with Crippen LogP contribution in [0.1, 0.15) is 24.2 Å². The summed E-state index contributed by atoms with van der Waals surface area (Å²) in [6, 6.07) is 15.8. The zero-order valence-electron chi connectivity index (χ0n) is 13.3. The van der Waals surface area contributed by atoms with Gasteiger partial charge in [0.15, 0.2) is 4.80 Å². The lowest BCUT2D eigenvalue weighted by Crippen LogP contribution is -2.13. The molecular formula is C18H18N2OS2. The van der Waals surface area contributed by atoms with Gasteiger partial charge in [-0.15, -0.1) is 11.8 Å². The lowest BCUT2D eigenvalue weighted by atomic mass is 10.2. The normalized spacial score (nSPS) is 12.3. The molecule has 5 heteroatoms. The molecule has 0 aliphatic heterocycles. The first-order valence-electron chi connectivity index (χ1n) is 7.45. The number of benzene rings is 2. The Labute approximate surface area is 143 Å². The zero-order chi connectivity index (χ0) is 16.4. The number of carbonyl (C=O) groups is 1. The van der Waals surface area contributed by atoms with E-state index in [1.807, 2.05) is 60.1 Å². The second-order valence-electron chi connectivity index (χ2n) is 5.52. The van der Waals surface area contributed by atoms with Gasteiger partial charge in [0.1, 0.15) is 0 Å². The Morgan fingerprint density at radius 2 is 1.96 bits per heavy atom. The summed E-state index contributed by atoms with van der Waals surface area (Å²) in [4.78, 5) is 18.6. The Balaban J connectivity index is 1.98. The Hall–Kier alpha value is -1.85. The van der Waals surface area contributed by atoms with E-state index in [-0.39, 0.29) is 5.91 Å². The number of amides is 1. The van der Waals surface area contributed by atoms with Crippen LogP contribution in [0.2, 0.25) is 0 Å². The van der Waals surface area contributed by atoms with Crippen molar-refractivity contribution < 1.29 is 4.79 Å². The second-order valence-corrected chi connectivity index (χ2v) is 8.18. The molecule has 0 spiro atoms. The molecule has 1 heterocycles. The number of aryl methyl sites for hydroxylation is 1. The molecule has 3 nitrogen and oxygen atoms in total. The number of fused-ring (bicyclic) bond motifs is 1. The van der Waals surface area contributed by atoms with Gasteiger partial charge in [0, 0.05) is 22.8 Å². The molecule has 3 rings (SSSR count). The van der Waals surface area contributed by atoms with Crippen LogP contribution in [-0.2, 0) is 7.05 Å². The van der Waals surface area contributed by atoms with Crippen molar-refractivity contribution in [1.82, 2.24) is 4.57 Å². The van der Waals surface area contributed by atoms with Gasteiger partial charge in [0.2, 0.25) is 0 Å². The second kappa shape index (κ2) is 6.72. The van der Waals surface area contributed by atoms with Gasteiger partial charge in [-0.3, -0.25) is 4.79 Å². The molecule has 0 radical (unpaired) electrons. The summed E-state index contributed by atoms with van der Waals surface area (Å²) in [5.74, 6) is -0.196. The van der Waals surface area contributed by atoms with Crippen molar-refractivity contribution in [2.75, 3.05) is 0 Å². The van der Waals surface area contributed by atoms with Crippen LogP contribution < -0.4 is 4.80 Å². The van der Waals surface area contributed by atoms with Crippen LogP contribution in [0.4, 0.5) is 0 Å². The predicted molar refractivity (Wildman–Crippen MR) is 98.1 cm³/mol. The van der Waals surface area contributed by atoms with Gasteiger partial charge < -0.3 is 4.57 Å². The van der Waals surface area contributed by atoms with Gasteiger partial charge in [-0.25, -0.2) is 0 Å². The summed E-state index contributed by atoms with van der Waals surface area (Å²) in [7, 11) is 1.94. The smallest absolute Gasteiger partial charge is 0.279 e. The van der Waals surface area contributed by atoms with Crippen molar-refractivity contribution >= 4 is 39.2 Å². The number of nitrogens with zero attached hydrogens (tertiary/aromatic N) is 2. The van der Waals surface area contributed by atoms with Crippen LogP contribution in [0.5, 0.6) is 0 Å². The summed E-state index contributed by atoms with van der Waals surface area (Å²) in [6.45, 7) is 4.28. The van der Waals surface area contributed by atoms with Crippen LogP contribution in [0.15, 0.2) is 58.4 Å². The van der Waals surface area contributed by atoms with E-state index in [1.165, 1.54) is 11.3 Å².